The van der Waals surface area contributed by atoms with E-state index < -0.39 is 0 Å². The zero-order valence-corrected chi connectivity index (χ0v) is 12.5. The van der Waals surface area contributed by atoms with Crippen LogP contribution >= 0.6 is 0 Å². The molecule has 0 spiro atoms. The number of furan rings is 1. The van der Waals surface area contributed by atoms with E-state index >= 15 is 0 Å². The summed E-state index contributed by atoms with van der Waals surface area (Å²) in [7, 11) is 2.15. The van der Waals surface area contributed by atoms with Gasteiger partial charge in [-0.05, 0) is 46.4 Å². The molecule has 104 valence electrons. The minimum Gasteiger partial charge on any atom is -0.465 e. The molecule has 18 heavy (non-hydrogen) atoms. The average molecular weight is 252 g/mol. The summed E-state index contributed by atoms with van der Waals surface area (Å²) in [6, 6.07) is 5.20. The molecule has 0 saturated heterocycles. The zero-order chi connectivity index (χ0) is 13.5. The van der Waals surface area contributed by atoms with Crippen molar-refractivity contribution in [2.75, 3.05) is 13.6 Å². The Morgan fingerprint density at radius 3 is 2.61 bits per heavy atom. The normalized spacial score (nSPS) is 15.0. The first kappa shape index (κ1) is 15.3. The fourth-order valence-corrected chi connectivity index (χ4v) is 2.03. The number of nitrogens with zero attached hydrogens (tertiary/aromatic N) is 1. The molecular formula is C15H28N2O. The number of likely N-dealkylation sites (N-methyl/N-ethyl adjacent to an activating group) is 1. The lowest BCUT2D eigenvalue weighted by Gasteiger charge is -2.25. The summed E-state index contributed by atoms with van der Waals surface area (Å²) >= 11 is 0. The van der Waals surface area contributed by atoms with Crippen LogP contribution in [0.1, 0.15) is 45.1 Å². The number of rotatable bonds is 8. The summed E-state index contributed by atoms with van der Waals surface area (Å²) in [4.78, 5) is 2.32. The second-order valence-electron chi connectivity index (χ2n) is 5.37. The van der Waals surface area contributed by atoms with Crippen LogP contribution in [-0.2, 0) is 6.54 Å². The van der Waals surface area contributed by atoms with Gasteiger partial charge in [0.15, 0.2) is 0 Å². The molecule has 0 aliphatic rings. The van der Waals surface area contributed by atoms with Gasteiger partial charge in [-0.15, -0.1) is 0 Å². The third-order valence-electron chi connectivity index (χ3n) is 3.44. The van der Waals surface area contributed by atoms with Gasteiger partial charge >= 0.3 is 0 Å². The first-order chi connectivity index (χ1) is 8.52. The number of nitrogens with one attached hydrogen (secondary N) is 1. The topological polar surface area (TPSA) is 28.4 Å². The highest BCUT2D eigenvalue weighted by molar-refractivity contribution is 5.05. The Morgan fingerprint density at radius 2 is 2.06 bits per heavy atom. The molecule has 2 atom stereocenters. The van der Waals surface area contributed by atoms with E-state index in [1.807, 2.05) is 13.0 Å². The molecule has 3 nitrogen and oxygen atoms in total. The summed E-state index contributed by atoms with van der Waals surface area (Å²) in [5.74, 6) is 2.03. The number of aryl methyl sites for hydroxylation is 1. The maximum Gasteiger partial charge on any atom is 0.118 e. The van der Waals surface area contributed by atoms with E-state index in [4.69, 9.17) is 4.42 Å². The smallest absolute Gasteiger partial charge is 0.118 e. The van der Waals surface area contributed by atoms with Crippen molar-refractivity contribution in [3.05, 3.63) is 23.7 Å². The van der Waals surface area contributed by atoms with Crippen molar-refractivity contribution in [3.63, 3.8) is 0 Å². The third kappa shape index (κ3) is 5.23. The quantitative estimate of drug-likeness (QED) is 0.770. The Bertz CT molecular complexity index is 335. The SMILES string of the molecule is CCCC(C)NCC(C)N(C)Cc1ccc(C)o1. The van der Waals surface area contributed by atoms with Crippen LogP contribution in [0, 0.1) is 6.92 Å². The lowest BCUT2D eigenvalue weighted by Crippen LogP contribution is -2.40. The molecule has 0 aromatic carbocycles. The van der Waals surface area contributed by atoms with E-state index in [9.17, 15) is 0 Å². The Hall–Kier alpha value is -0.800. The molecule has 0 saturated carbocycles. The Kier molecular flexibility index (Phi) is 6.44. The molecule has 0 fully saturated rings. The van der Waals surface area contributed by atoms with Gasteiger partial charge in [0.25, 0.3) is 0 Å². The highest BCUT2D eigenvalue weighted by Gasteiger charge is 2.12. The van der Waals surface area contributed by atoms with Crippen molar-refractivity contribution in [1.29, 1.82) is 0 Å². The van der Waals surface area contributed by atoms with Crippen LogP contribution in [0.3, 0.4) is 0 Å². The molecular weight excluding hydrogens is 224 g/mol. The molecule has 0 radical (unpaired) electrons. The third-order valence-corrected chi connectivity index (χ3v) is 3.44. The predicted molar refractivity (Wildman–Crippen MR) is 76.7 cm³/mol. The molecule has 0 amide bonds. The van der Waals surface area contributed by atoms with E-state index in [1.165, 1.54) is 12.8 Å². The van der Waals surface area contributed by atoms with Crippen molar-refractivity contribution in [2.45, 2.75) is 59.2 Å². The van der Waals surface area contributed by atoms with Gasteiger partial charge in [-0.3, -0.25) is 4.90 Å². The lowest BCUT2D eigenvalue weighted by molar-refractivity contribution is 0.219. The molecule has 1 aromatic rings. The van der Waals surface area contributed by atoms with Crippen LogP contribution in [0.25, 0.3) is 0 Å². The molecule has 1 rings (SSSR count). The van der Waals surface area contributed by atoms with Crippen molar-refractivity contribution in [2.24, 2.45) is 0 Å². The minimum absolute atomic E-state index is 0.509. The van der Waals surface area contributed by atoms with Gasteiger partial charge < -0.3 is 9.73 Å². The standard InChI is InChI=1S/C15H28N2O/c1-6-7-12(2)16-10-13(3)17(5)11-15-9-8-14(4)18-15/h8-9,12-13,16H,6-7,10-11H2,1-5H3. The molecule has 1 N–H and O–H groups in total. The Labute approximate surface area is 112 Å². The summed E-state index contributed by atoms with van der Waals surface area (Å²) in [5, 5.41) is 3.58. The number of hydrogen-bond donors (Lipinski definition) is 1. The summed E-state index contributed by atoms with van der Waals surface area (Å²) in [6.07, 6.45) is 2.48. The van der Waals surface area contributed by atoms with Crippen molar-refractivity contribution >= 4 is 0 Å². The molecule has 2 unspecified atom stereocenters. The van der Waals surface area contributed by atoms with Crippen LogP contribution in [0.15, 0.2) is 16.5 Å². The van der Waals surface area contributed by atoms with Gasteiger partial charge in [0.2, 0.25) is 0 Å². The van der Waals surface area contributed by atoms with E-state index in [1.54, 1.807) is 0 Å². The van der Waals surface area contributed by atoms with Crippen LogP contribution < -0.4 is 5.32 Å². The fourth-order valence-electron chi connectivity index (χ4n) is 2.03. The van der Waals surface area contributed by atoms with Crippen LogP contribution in [-0.4, -0.2) is 30.6 Å². The van der Waals surface area contributed by atoms with Gasteiger partial charge in [0, 0.05) is 18.6 Å². The number of hydrogen-bond acceptors (Lipinski definition) is 3. The van der Waals surface area contributed by atoms with E-state index in [2.05, 4.69) is 44.1 Å². The average Bonchev–Trinajstić information content (AvgIpc) is 2.72. The van der Waals surface area contributed by atoms with Gasteiger partial charge in [0.05, 0.1) is 6.54 Å². The first-order valence-corrected chi connectivity index (χ1v) is 7.01. The Balaban J connectivity index is 2.30. The van der Waals surface area contributed by atoms with Crippen LogP contribution in [0.4, 0.5) is 0 Å². The van der Waals surface area contributed by atoms with Crippen molar-refractivity contribution < 1.29 is 4.42 Å². The van der Waals surface area contributed by atoms with Gasteiger partial charge in [-0.1, -0.05) is 13.3 Å². The summed E-state index contributed by atoms with van der Waals surface area (Å²) in [5.41, 5.74) is 0. The summed E-state index contributed by atoms with van der Waals surface area (Å²) < 4.78 is 5.61. The van der Waals surface area contributed by atoms with Crippen molar-refractivity contribution in [3.8, 4) is 0 Å². The largest absolute Gasteiger partial charge is 0.465 e. The van der Waals surface area contributed by atoms with E-state index in [0.29, 0.717) is 12.1 Å². The molecule has 1 aromatic heterocycles. The molecule has 1 heterocycles. The second-order valence-corrected chi connectivity index (χ2v) is 5.37. The van der Waals surface area contributed by atoms with Crippen molar-refractivity contribution in [1.82, 2.24) is 10.2 Å². The monoisotopic (exact) mass is 252 g/mol. The van der Waals surface area contributed by atoms with Gasteiger partial charge in [-0.25, -0.2) is 0 Å². The van der Waals surface area contributed by atoms with Gasteiger partial charge in [0.1, 0.15) is 11.5 Å². The van der Waals surface area contributed by atoms with E-state index in [-0.39, 0.29) is 0 Å². The van der Waals surface area contributed by atoms with Crippen LogP contribution in [0.2, 0.25) is 0 Å². The molecule has 0 aliphatic carbocycles. The fraction of sp³-hybridized carbons (Fsp3) is 0.733. The maximum absolute atomic E-state index is 5.61. The minimum atomic E-state index is 0.509. The molecule has 0 bridgehead atoms. The van der Waals surface area contributed by atoms with Crippen LogP contribution in [0.5, 0.6) is 0 Å². The second kappa shape index (κ2) is 7.59. The predicted octanol–water partition coefficient (Wildman–Crippen LogP) is 3.19. The first-order valence-electron chi connectivity index (χ1n) is 7.01. The maximum atomic E-state index is 5.61. The van der Waals surface area contributed by atoms with Gasteiger partial charge in [-0.2, -0.15) is 0 Å². The highest BCUT2D eigenvalue weighted by atomic mass is 16.3. The van der Waals surface area contributed by atoms with E-state index in [0.717, 1.165) is 24.6 Å². The zero-order valence-electron chi connectivity index (χ0n) is 12.5. The molecule has 3 heteroatoms. The summed E-state index contributed by atoms with van der Waals surface area (Å²) in [6.45, 7) is 10.6. The lowest BCUT2D eigenvalue weighted by atomic mass is 10.2. The highest BCUT2D eigenvalue weighted by Crippen LogP contribution is 2.10. The Morgan fingerprint density at radius 1 is 1.33 bits per heavy atom. The molecule has 0 aliphatic heterocycles.